The van der Waals surface area contributed by atoms with Crippen molar-refractivity contribution in [3.8, 4) is 6.01 Å². The van der Waals surface area contributed by atoms with Crippen molar-refractivity contribution >= 4 is 15.9 Å². The Hall–Kier alpha value is -1.69. The molecule has 0 saturated heterocycles. The van der Waals surface area contributed by atoms with E-state index in [0.29, 0.717) is 15.7 Å². The van der Waals surface area contributed by atoms with E-state index in [2.05, 4.69) is 20.9 Å². The van der Waals surface area contributed by atoms with Gasteiger partial charge < -0.3 is 4.74 Å². The molecule has 0 unspecified atom stereocenters. The Morgan fingerprint density at radius 2 is 2.21 bits per heavy atom. The first kappa shape index (κ1) is 13.7. The predicted octanol–water partition coefficient (Wildman–Crippen LogP) is 2.51. The van der Waals surface area contributed by atoms with Crippen LogP contribution in [0.4, 0.5) is 4.39 Å². The third kappa shape index (κ3) is 2.84. The normalized spacial score (nSPS) is 10.5. The van der Waals surface area contributed by atoms with Gasteiger partial charge in [-0.3, -0.25) is 9.36 Å². The number of halogens is 2. The Morgan fingerprint density at radius 1 is 1.47 bits per heavy atom. The average molecular weight is 327 g/mol. The molecule has 0 amide bonds. The van der Waals surface area contributed by atoms with Crippen LogP contribution >= 0.6 is 15.9 Å². The number of nitrogens with zero attached hydrogens (tertiary/aromatic N) is 2. The number of benzene rings is 1. The lowest BCUT2D eigenvalue weighted by Gasteiger charge is -2.12. The summed E-state index contributed by atoms with van der Waals surface area (Å²) in [5.41, 5.74) is 0.989. The number of methoxy groups -OCH3 is 1. The zero-order valence-corrected chi connectivity index (χ0v) is 12.1. The van der Waals surface area contributed by atoms with Gasteiger partial charge in [0, 0.05) is 11.8 Å². The highest BCUT2D eigenvalue weighted by atomic mass is 79.9. The minimum Gasteiger partial charge on any atom is -0.468 e. The third-order valence-corrected chi connectivity index (χ3v) is 3.53. The van der Waals surface area contributed by atoms with E-state index in [1.165, 1.54) is 23.8 Å². The number of aromatic nitrogens is 2. The summed E-state index contributed by atoms with van der Waals surface area (Å²) < 4.78 is 20.2. The summed E-state index contributed by atoms with van der Waals surface area (Å²) in [5.74, 6) is -0.371. The molecule has 0 aliphatic carbocycles. The molecule has 2 aromatic rings. The molecule has 6 heteroatoms. The van der Waals surface area contributed by atoms with E-state index in [0.717, 1.165) is 0 Å². The van der Waals surface area contributed by atoms with Crippen LogP contribution in [0, 0.1) is 12.7 Å². The van der Waals surface area contributed by atoms with E-state index in [1.807, 2.05) is 0 Å². The zero-order valence-electron chi connectivity index (χ0n) is 10.5. The fourth-order valence-electron chi connectivity index (χ4n) is 1.74. The van der Waals surface area contributed by atoms with Crippen LogP contribution in [-0.2, 0) is 6.54 Å². The summed E-state index contributed by atoms with van der Waals surface area (Å²) in [6, 6.07) is 6.30. The molecule has 4 nitrogen and oxygen atoms in total. The molecule has 1 aromatic heterocycles. The summed E-state index contributed by atoms with van der Waals surface area (Å²) in [7, 11) is 1.44. The molecule has 0 saturated carbocycles. The van der Waals surface area contributed by atoms with Crippen LogP contribution in [0.15, 0.2) is 33.5 Å². The van der Waals surface area contributed by atoms with Gasteiger partial charge in [-0.05, 0) is 34.5 Å². The molecule has 0 aliphatic heterocycles. The molecule has 0 bridgehead atoms. The van der Waals surface area contributed by atoms with E-state index in [9.17, 15) is 9.18 Å². The van der Waals surface area contributed by atoms with Crippen molar-refractivity contribution < 1.29 is 9.13 Å². The van der Waals surface area contributed by atoms with Crippen molar-refractivity contribution in [2.45, 2.75) is 13.5 Å². The molecule has 0 atom stereocenters. The van der Waals surface area contributed by atoms with E-state index >= 15 is 0 Å². The first-order chi connectivity index (χ1) is 9.02. The van der Waals surface area contributed by atoms with Gasteiger partial charge in [0.15, 0.2) is 0 Å². The van der Waals surface area contributed by atoms with Crippen LogP contribution in [-0.4, -0.2) is 16.7 Å². The maximum atomic E-state index is 13.4. The molecule has 1 heterocycles. The van der Waals surface area contributed by atoms with Gasteiger partial charge in [0.25, 0.3) is 11.6 Å². The first-order valence-corrected chi connectivity index (χ1v) is 6.37. The standard InChI is InChI=1S/C13H12BrFN2O2/c1-8-6-11(18)17(13(16-8)19-2)7-9-4-3-5-10(15)12(9)14/h3-6H,7H2,1-2H3. The van der Waals surface area contributed by atoms with Crippen LogP contribution in [0.1, 0.15) is 11.3 Å². The third-order valence-electron chi connectivity index (χ3n) is 2.64. The van der Waals surface area contributed by atoms with Crippen molar-refractivity contribution in [3.05, 3.63) is 56.2 Å². The van der Waals surface area contributed by atoms with Crippen molar-refractivity contribution in [2.75, 3.05) is 7.11 Å². The number of rotatable bonds is 3. The lowest BCUT2D eigenvalue weighted by molar-refractivity contribution is 0.349. The lowest BCUT2D eigenvalue weighted by atomic mass is 10.2. The van der Waals surface area contributed by atoms with Crippen molar-refractivity contribution in [1.82, 2.24) is 9.55 Å². The highest BCUT2D eigenvalue weighted by Crippen LogP contribution is 2.21. The SMILES string of the molecule is COc1nc(C)cc(=O)n1Cc1cccc(F)c1Br. The van der Waals surface area contributed by atoms with Gasteiger partial charge in [-0.25, -0.2) is 9.37 Å². The molecule has 0 fully saturated rings. The molecule has 0 spiro atoms. The van der Waals surface area contributed by atoms with E-state index in [-0.39, 0.29) is 23.9 Å². The van der Waals surface area contributed by atoms with Gasteiger partial charge in [-0.15, -0.1) is 0 Å². The van der Waals surface area contributed by atoms with Gasteiger partial charge in [0.1, 0.15) is 5.82 Å². The van der Waals surface area contributed by atoms with Crippen LogP contribution in [0.25, 0.3) is 0 Å². The number of hydrogen-bond acceptors (Lipinski definition) is 3. The Morgan fingerprint density at radius 3 is 2.89 bits per heavy atom. The summed E-state index contributed by atoms with van der Waals surface area (Å²) in [4.78, 5) is 16.1. The Balaban J connectivity index is 2.49. The molecule has 0 N–H and O–H groups in total. The van der Waals surface area contributed by atoms with E-state index < -0.39 is 0 Å². The highest BCUT2D eigenvalue weighted by molar-refractivity contribution is 9.10. The average Bonchev–Trinajstić information content (AvgIpc) is 2.37. The molecule has 100 valence electrons. The molecular weight excluding hydrogens is 315 g/mol. The minimum atomic E-state index is -0.371. The Bertz CT molecular complexity index is 670. The largest absolute Gasteiger partial charge is 0.468 e. The monoisotopic (exact) mass is 326 g/mol. The predicted molar refractivity (Wildman–Crippen MR) is 73.0 cm³/mol. The van der Waals surface area contributed by atoms with Crippen molar-refractivity contribution in [1.29, 1.82) is 0 Å². The minimum absolute atomic E-state index is 0.188. The second-order valence-corrected chi connectivity index (χ2v) is 4.81. The summed E-state index contributed by atoms with van der Waals surface area (Å²) in [6.45, 7) is 1.90. The molecule has 19 heavy (non-hydrogen) atoms. The smallest absolute Gasteiger partial charge is 0.299 e. The van der Waals surface area contributed by atoms with Crippen LogP contribution in [0.5, 0.6) is 6.01 Å². The van der Waals surface area contributed by atoms with Crippen molar-refractivity contribution in [2.24, 2.45) is 0 Å². The topological polar surface area (TPSA) is 44.1 Å². The summed E-state index contributed by atoms with van der Waals surface area (Å²) in [5, 5.41) is 0. The zero-order chi connectivity index (χ0) is 14.0. The molecule has 0 radical (unpaired) electrons. The number of aryl methyl sites for hydroxylation is 1. The highest BCUT2D eigenvalue weighted by Gasteiger charge is 2.11. The lowest BCUT2D eigenvalue weighted by Crippen LogP contribution is -2.23. The second-order valence-electron chi connectivity index (χ2n) is 4.02. The van der Waals surface area contributed by atoms with Crippen LogP contribution < -0.4 is 10.3 Å². The van der Waals surface area contributed by atoms with E-state index in [4.69, 9.17) is 4.74 Å². The van der Waals surface area contributed by atoms with Gasteiger partial charge in [-0.1, -0.05) is 12.1 Å². The van der Waals surface area contributed by atoms with E-state index in [1.54, 1.807) is 19.1 Å². The maximum Gasteiger partial charge on any atom is 0.299 e. The fraction of sp³-hybridized carbons (Fsp3) is 0.231. The quantitative estimate of drug-likeness (QED) is 0.870. The Labute approximate surface area is 118 Å². The van der Waals surface area contributed by atoms with Gasteiger partial charge in [0.2, 0.25) is 0 Å². The molecule has 0 aliphatic rings. The van der Waals surface area contributed by atoms with Crippen LogP contribution in [0.2, 0.25) is 0 Å². The second kappa shape index (κ2) is 5.52. The summed E-state index contributed by atoms with van der Waals surface area (Å²) >= 11 is 3.17. The van der Waals surface area contributed by atoms with Crippen LogP contribution in [0.3, 0.4) is 0 Å². The molecular formula is C13H12BrFN2O2. The number of ether oxygens (including phenoxy) is 1. The van der Waals surface area contributed by atoms with Crippen molar-refractivity contribution in [3.63, 3.8) is 0 Å². The Kier molecular flexibility index (Phi) is 3.99. The van der Waals surface area contributed by atoms with Gasteiger partial charge in [0.05, 0.1) is 18.1 Å². The van der Waals surface area contributed by atoms with Gasteiger partial charge >= 0.3 is 0 Å². The molecule has 2 rings (SSSR count). The fourth-order valence-corrected chi connectivity index (χ4v) is 2.13. The first-order valence-electron chi connectivity index (χ1n) is 5.58. The van der Waals surface area contributed by atoms with Gasteiger partial charge in [-0.2, -0.15) is 0 Å². The molecule has 1 aromatic carbocycles. The number of hydrogen-bond donors (Lipinski definition) is 0. The maximum absolute atomic E-state index is 13.4. The summed E-state index contributed by atoms with van der Waals surface area (Å²) in [6.07, 6.45) is 0.